The molecule has 0 fully saturated rings. The lowest BCUT2D eigenvalue weighted by Crippen LogP contribution is -2.14. The maximum atomic E-state index is 13.8. The van der Waals surface area contributed by atoms with Crippen LogP contribution >= 0.6 is 0 Å². The summed E-state index contributed by atoms with van der Waals surface area (Å²) in [6.07, 6.45) is 1.76. The Morgan fingerprint density at radius 2 is 1.74 bits per heavy atom. The highest BCUT2D eigenvalue weighted by Gasteiger charge is 2.19. The molecular formula is C20H15F2N5O3S. The van der Waals surface area contributed by atoms with Crippen LogP contribution in [0.1, 0.15) is 5.69 Å². The van der Waals surface area contributed by atoms with Gasteiger partial charge in [0.2, 0.25) is 5.88 Å². The zero-order valence-corrected chi connectivity index (χ0v) is 16.8. The van der Waals surface area contributed by atoms with Crippen molar-refractivity contribution in [2.24, 2.45) is 0 Å². The highest BCUT2D eigenvalue weighted by molar-refractivity contribution is 7.92. The van der Waals surface area contributed by atoms with Crippen molar-refractivity contribution in [2.75, 3.05) is 4.72 Å². The second kappa shape index (κ2) is 8.11. The van der Waals surface area contributed by atoms with Crippen LogP contribution in [0.2, 0.25) is 0 Å². The lowest BCUT2D eigenvalue weighted by atomic mass is 10.3. The molecule has 0 aliphatic rings. The van der Waals surface area contributed by atoms with Gasteiger partial charge in [0.25, 0.3) is 10.0 Å². The van der Waals surface area contributed by atoms with Crippen LogP contribution in [0.25, 0.3) is 5.82 Å². The van der Waals surface area contributed by atoms with Gasteiger partial charge in [-0.1, -0.05) is 0 Å². The standard InChI is InChI=1S/C20H15F2N5O3S/c1-13-10-11-27(25-13)19-8-9-20(24-23-19)30-16-5-3-15(4-6-16)26-31(28,29)18-7-2-14(21)12-17(18)22/h2-12,26H,1H3. The van der Waals surface area contributed by atoms with E-state index in [0.717, 1.165) is 17.8 Å². The monoisotopic (exact) mass is 443 g/mol. The van der Waals surface area contributed by atoms with Crippen molar-refractivity contribution < 1.29 is 21.9 Å². The van der Waals surface area contributed by atoms with Gasteiger partial charge in [0.05, 0.1) is 5.69 Å². The number of hydrogen-bond donors (Lipinski definition) is 1. The van der Waals surface area contributed by atoms with E-state index in [1.807, 2.05) is 13.0 Å². The quantitative estimate of drug-likeness (QED) is 0.486. The van der Waals surface area contributed by atoms with Crippen molar-refractivity contribution in [2.45, 2.75) is 11.8 Å². The molecule has 31 heavy (non-hydrogen) atoms. The fraction of sp³-hybridized carbons (Fsp3) is 0.0500. The lowest BCUT2D eigenvalue weighted by molar-refractivity contribution is 0.454. The van der Waals surface area contributed by atoms with E-state index < -0.39 is 26.6 Å². The maximum absolute atomic E-state index is 13.8. The van der Waals surface area contributed by atoms with Crippen molar-refractivity contribution in [1.82, 2.24) is 20.0 Å². The number of anilines is 1. The molecule has 11 heteroatoms. The Hall–Kier alpha value is -3.86. The van der Waals surface area contributed by atoms with Crippen LogP contribution in [-0.4, -0.2) is 28.4 Å². The summed E-state index contributed by atoms with van der Waals surface area (Å²) >= 11 is 0. The van der Waals surface area contributed by atoms with Gasteiger partial charge in [0.15, 0.2) is 5.82 Å². The molecule has 2 aromatic heterocycles. The van der Waals surface area contributed by atoms with E-state index in [1.54, 1.807) is 23.0 Å². The normalized spacial score (nSPS) is 11.3. The molecule has 158 valence electrons. The molecule has 0 saturated carbocycles. The first-order valence-corrected chi connectivity index (χ1v) is 10.4. The third-order valence-electron chi connectivity index (χ3n) is 4.10. The van der Waals surface area contributed by atoms with Gasteiger partial charge in [0, 0.05) is 24.0 Å². The molecule has 1 N–H and O–H groups in total. The van der Waals surface area contributed by atoms with E-state index in [9.17, 15) is 17.2 Å². The van der Waals surface area contributed by atoms with Gasteiger partial charge in [-0.15, -0.1) is 10.2 Å². The Balaban J connectivity index is 1.44. The number of ether oxygens (including phenoxy) is 1. The number of rotatable bonds is 6. The Bertz CT molecular complexity index is 1320. The first-order valence-electron chi connectivity index (χ1n) is 8.92. The molecule has 0 radical (unpaired) electrons. The number of aryl methyl sites for hydroxylation is 1. The molecule has 4 rings (SSSR count). The van der Waals surface area contributed by atoms with E-state index in [-0.39, 0.29) is 11.6 Å². The zero-order chi connectivity index (χ0) is 22.0. The van der Waals surface area contributed by atoms with Crippen molar-refractivity contribution >= 4 is 15.7 Å². The van der Waals surface area contributed by atoms with Gasteiger partial charge in [-0.05, 0) is 55.5 Å². The molecule has 0 aliphatic carbocycles. The van der Waals surface area contributed by atoms with E-state index >= 15 is 0 Å². The lowest BCUT2D eigenvalue weighted by Gasteiger charge is -2.10. The largest absolute Gasteiger partial charge is 0.438 e. The molecular weight excluding hydrogens is 428 g/mol. The number of nitrogens with one attached hydrogen (secondary N) is 1. The molecule has 8 nitrogen and oxygen atoms in total. The van der Waals surface area contributed by atoms with E-state index in [0.29, 0.717) is 17.6 Å². The molecule has 0 spiro atoms. The van der Waals surface area contributed by atoms with Gasteiger partial charge in [-0.25, -0.2) is 21.9 Å². The summed E-state index contributed by atoms with van der Waals surface area (Å²) < 4.78 is 60.9. The average Bonchev–Trinajstić information content (AvgIpc) is 3.16. The fourth-order valence-electron chi connectivity index (χ4n) is 2.65. The first kappa shape index (κ1) is 20.4. The number of sulfonamides is 1. The molecule has 0 atom stereocenters. The van der Waals surface area contributed by atoms with Crippen LogP contribution in [0.4, 0.5) is 14.5 Å². The van der Waals surface area contributed by atoms with Gasteiger partial charge < -0.3 is 4.74 Å². The summed E-state index contributed by atoms with van der Waals surface area (Å²) in [5.41, 5.74) is 1.02. The molecule has 0 saturated heterocycles. The molecule has 0 amide bonds. The minimum Gasteiger partial charge on any atom is -0.438 e. The average molecular weight is 443 g/mol. The summed E-state index contributed by atoms with van der Waals surface area (Å²) in [6, 6.07) is 13.3. The van der Waals surface area contributed by atoms with Crippen LogP contribution < -0.4 is 9.46 Å². The zero-order valence-electron chi connectivity index (χ0n) is 16.0. The first-order chi connectivity index (χ1) is 14.8. The number of benzene rings is 2. The number of nitrogens with zero attached hydrogens (tertiary/aromatic N) is 4. The van der Waals surface area contributed by atoms with Crippen molar-refractivity contribution in [3.8, 4) is 17.4 Å². The van der Waals surface area contributed by atoms with E-state index in [4.69, 9.17) is 4.74 Å². The molecule has 0 bridgehead atoms. The maximum Gasteiger partial charge on any atom is 0.264 e. The van der Waals surface area contributed by atoms with Crippen molar-refractivity contribution in [3.63, 3.8) is 0 Å². The second-order valence-electron chi connectivity index (χ2n) is 6.44. The molecule has 4 aromatic rings. The third-order valence-corrected chi connectivity index (χ3v) is 5.51. The molecule has 0 unspecified atom stereocenters. The second-order valence-corrected chi connectivity index (χ2v) is 8.09. The Morgan fingerprint density at radius 1 is 0.968 bits per heavy atom. The smallest absolute Gasteiger partial charge is 0.264 e. The Kier molecular flexibility index (Phi) is 5.34. The van der Waals surface area contributed by atoms with E-state index in [1.165, 1.54) is 24.3 Å². The predicted molar refractivity (Wildman–Crippen MR) is 108 cm³/mol. The molecule has 0 aliphatic heterocycles. The molecule has 2 heterocycles. The van der Waals surface area contributed by atoms with Crippen LogP contribution in [0.15, 0.2) is 71.8 Å². The van der Waals surface area contributed by atoms with Crippen molar-refractivity contribution in [1.29, 1.82) is 0 Å². The highest BCUT2D eigenvalue weighted by atomic mass is 32.2. The number of aromatic nitrogens is 4. The fourth-order valence-corrected chi connectivity index (χ4v) is 3.77. The van der Waals surface area contributed by atoms with Crippen LogP contribution in [0.5, 0.6) is 11.6 Å². The topological polar surface area (TPSA) is 99.0 Å². The summed E-state index contributed by atoms with van der Waals surface area (Å²) in [7, 11) is -4.23. The van der Waals surface area contributed by atoms with Gasteiger partial charge in [0.1, 0.15) is 22.3 Å². The minimum absolute atomic E-state index is 0.173. The predicted octanol–water partition coefficient (Wildman–Crippen LogP) is 3.84. The van der Waals surface area contributed by atoms with Crippen molar-refractivity contribution in [3.05, 3.63) is 84.2 Å². The van der Waals surface area contributed by atoms with Crippen LogP contribution in [0.3, 0.4) is 0 Å². The van der Waals surface area contributed by atoms with Crippen LogP contribution in [-0.2, 0) is 10.0 Å². The summed E-state index contributed by atoms with van der Waals surface area (Å²) in [4.78, 5) is -0.656. The van der Waals surface area contributed by atoms with E-state index in [2.05, 4.69) is 20.0 Å². The number of halogens is 2. The van der Waals surface area contributed by atoms with Crippen LogP contribution in [0, 0.1) is 18.6 Å². The Labute approximate surface area is 176 Å². The SMILES string of the molecule is Cc1ccn(-c2ccc(Oc3ccc(NS(=O)(=O)c4ccc(F)cc4F)cc3)nn2)n1. The summed E-state index contributed by atoms with van der Waals surface area (Å²) in [5, 5.41) is 12.3. The Morgan fingerprint density at radius 3 is 2.35 bits per heavy atom. The van der Waals surface area contributed by atoms with Gasteiger partial charge >= 0.3 is 0 Å². The van der Waals surface area contributed by atoms with Gasteiger partial charge in [-0.2, -0.15) is 5.10 Å². The minimum atomic E-state index is -4.23. The highest BCUT2D eigenvalue weighted by Crippen LogP contribution is 2.24. The third kappa shape index (κ3) is 4.67. The number of hydrogen-bond acceptors (Lipinski definition) is 6. The summed E-state index contributed by atoms with van der Waals surface area (Å²) in [5.74, 6) is -0.908. The van der Waals surface area contributed by atoms with Gasteiger partial charge in [-0.3, -0.25) is 4.72 Å². The summed E-state index contributed by atoms with van der Waals surface area (Å²) in [6.45, 7) is 1.86. The molecule has 2 aromatic carbocycles.